The van der Waals surface area contributed by atoms with Gasteiger partial charge in [0, 0.05) is 11.8 Å². The van der Waals surface area contributed by atoms with Crippen molar-refractivity contribution in [2.24, 2.45) is 0 Å². The summed E-state index contributed by atoms with van der Waals surface area (Å²) in [6, 6.07) is 11.3. The van der Waals surface area contributed by atoms with E-state index in [-0.39, 0.29) is 18.0 Å². The summed E-state index contributed by atoms with van der Waals surface area (Å²) < 4.78 is 10.3. The van der Waals surface area contributed by atoms with Crippen LogP contribution in [0.2, 0.25) is 0 Å². The fraction of sp³-hybridized carbons (Fsp3) is 0.188. The molecule has 0 unspecified atom stereocenters. The number of ether oxygens (including phenoxy) is 2. The fourth-order valence-electron chi connectivity index (χ4n) is 1.90. The molecule has 0 aliphatic carbocycles. The zero-order valence-electron chi connectivity index (χ0n) is 12.7. The highest BCUT2D eigenvalue weighted by Gasteiger charge is 2.16. The second-order valence-corrected chi connectivity index (χ2v) is 4.79. The topological polar surface area (TPSA) is 90.7 Å². The lowest BCUT2D eigenvalue weighted by atomic mass is 10.2. The molecule has 0 heterocycles. The zero-order chi connectivity index (χ0) is 16.8. The van der Waals surface area contributed by atoms with Gasteiger partial charge in [0.05, 0.1) is 12.0 Å². The Kier molecular flexibility index (Phi) is 5.14. The van der Waals surface area contributed by atoms with Crippen LogP contribution in [0.3, 0.4) is 0 Å². The molecule has 2 rings (SSSR count). The van der Waals surface area contributed by atoms with Crippen LogP contribution in [0.1, 0.15) is 5.56 Å². The summed E-state index contributed by atoms with van der Waals surface area (Å²) in [6.07, 6.45) is 0. The number of hydrogen-bond donors (Lipinski definition) is 1. The van der Waals surface area contributed by atoms with Crippen molar-refractivity contribution in [1.82, 2.24) is 0 Å². The van der Waals surface area contributed by atoms with Gasteiger partial charge in [0.1, 0.15) is 5.75 Å². The standard InChI is InChI=1S/C16H16N2O5/c1-11-3-8-14(18(20)21)15(9-11)23-10-16(19)17-12-4-6-13(22-2)7-5-12/h3-9H,10H2,1-2H3,(H,17,19). The van der Waals surface area contributed by atoms with Crippen LogP contribution in [0.4, 0.5) is 11.4 Å². The van der Waals surface area contributed by atoms with Gasteiger partial charge < -0.3 is 14.8 Å². The summed E-state index contributed by atoms with van der Waals surface area (Å²) in [6.45, 7) is 1.46. The molecule has 0 aliphatic heterocycles. The third-order valence-corrected chi connectivity index (χ3v) is 3.04. The summed E-state index contributed by atoms with van der Waals surface area (Å²) in [5, 5.41) is 13.6. The zero-order valence-corrected chi connectivity index (χ0v) is 12.7. The van der Waals surface area contributed by atoms with Crippen molar-refractivity contribution in [3.05, 3.63) is 58.1 Å². The number of nitrogens with one attached hydrogen (secondary N) is 1. The molecular formula is C16H16N2O5. The Balaban J connectivity index is 1.98. The number of nitro benzene ring substituents is 1. The van der Waals surface area contributed by atoms with Crippen molar-refractivity contribution < 1.29 is 19.2 Å². The highest BCUT2D eigenvalue weighted by Crippen LogP contribution is 2.27. The molecule has 0 saturated carbocycles. The van der Waals surface area contributed by atoms with Crippen molar-refractivity contribution in [3.8, 4) is 11.5 Å². The number of aryl methyl sites for hydroxylation is 1. The Morgan fingerprint density at radius 3 is 2.52 bits per heavy atom. The summed E-state index contributed by atoms with van der Waals surface area (Å²) in [7, 11) is 1.55. The van der Waals surface area contributed by atoms with Crippen molar-refractivity contribution >= 4 is 17.3 Å². The third kappa shape index (κ3) is 4.44. The number of methoxy groups -OCH3 is 1. The SMILES string of the molecule is COc1ccc(NC(=O)COc2cc(C)ccc2[N+](=O)[O-])cc1. The number of carbonyl (C=O) groups excluding carboxylic acids is 1. The van der Waals surface area contributed by atoms with E-state index in [0.717, 1.165) is 5.56 Å². The third-order valence-electron chi connectivity index (χ3n) is 3.04. The average Bonchev–Trinajstić information content (AvgIpc) is 2.53. The first-order chi connectivity index (χ1) is 11.0. The minimum Gasteiger partial charge on any atom is -0.497 e. The van der Waals surface area contributed by atoms with Crippen molar-refractivity contribution in [3.63, 3.8) is 0 Å². The Morgan fingerprint density at radius 2 is 1.91 bits per heavy atom. The first kappa shape index (κ1) is 16.3. The summed E-state index contributed by atoms with van der Waals surface area (Å²) in [5.74, 6) is 0.334. The van der Waals surface area contributed by atoms with E-state index in [2.05, 4.69) is 5.32 Å². The number of hydrogen-bond acceptors (Lipinski definition) is 5. The molecule has 0 bridgehead atoms. The van der Waals surface area contributed by atoms with Gasteiger partial charge in [-0.3, -0.25) is 14.9 Å². The molecule has 7 nitrogen and oxygen atoms in total. The number of benzene rings is 2. The summed E-state index contributed by atoms with van der Waals surface area (Å²) in [5.41, 5.74) is 1.21. The van der Waals surface area contributed by atoms with Crippen LogP contribution < -0.4 is 14.8 Å². The predicted molar refractivity (Wildman–Crippen MR) is 85.0 cm³/mol. The normalized spacial score (nSPS) is 10.0. The average molecular weight is 316 g/mol. The Morgan fingerprint density at radius 1 is 1.22 bits per heavy atom. The van der Waals surface area contributed by atoms with Crippen LogP contribution in [0, 0.1) is 17.0 Å². The summed E-state index contributed by atoms with van der Waals surface area (Å²) in [4.78, 5) is 22.3. The van der Waals surface area contributed by atoms with Gasteiger partial charge in [0.15, 0.2) is 12.4 Å². The quantitative estimate of drug-likeness (QED) is 0.653. The predicted octanol–water partition coefficient (Wildman–Crippen LogP) is 2.93. The Bertz CT molecular complexity index is 713. The molecule has 0 radical (unpaired) electrons. The van der Waals surface area contributed by atoms with E-state index in [1.54, 1.807) is 44.4 Å². The van der Waals surface area contributed by atoms with Crippen LogP contribution in [0.25, 0.3) is 0 Å². The maximum Gasteiger partial charge on any atom is 0.310 e. The minimum atomic E-state index is -0.545. The highest BCUT2D eigenvalue weighted by atomic mass is 16.6. The molecule has 2 aromatic carbocycles. The minimum absolute atomic E-state index is 0.0693. The van der Waals surface area contributed by atoms with Gasteiger partial charge in [-0.2, -0.15) is 0 Å². The summed E-state index contributed by atoms with van der Waals surface area (Å²) >= 11 is 0. The maximum absolute atomic E-state index is 11.9. The van der Waals surface area contributed by atoms with Gasteiger partial charge in [0.25, 0.3) is 5.91 Å². The number of amides is 1. The van der Waals surface area contributed by atoms with Crippen LogP contribution in [0.5, 0.6) is 11.5 Å². The number of anilines is 1. The van der Waals surface area contributed by atoms with Gasteiger partial charge in [0.2, 0.25) is 0 Å². The van der Waals surface area contributed by atoms with Gasteiger partial charge in [-0.25, -0.2) is 0 Å². The van der Waals surface area contributed by atoms with E-state index in [1.165, 1.54) is 12.1 Å². The second-order valence-electron chi connectivity index (χ2n) is 4.79. The molecule has 0 spiro atoms. The Hall–Kier alpha value is -3.09. The lowest BCUT2D eigenvalue weighted by Crippen LogP contribution is -2.20. The van der Waals surface area contributed by atoms with E-state index in [1.807, 2.05) is 0 Å². The van der Waals surface area contributed by atoms with Gasteiger partial charge in [-0.15, -0.1) is 0 Å². The number of nitro groups is 1. The molecule has 0 saturated heterocycles. The molecular weight excluding hydrogens is 300 g/mol. The van der Waals surface area contributed by atoms with Crippen molar-refractivity contribution in [2.75, 3.05) is 19.0 Å². The van der Waals surface area contributed by atoms with E-state index in [0.29, 0.717) is 11.4 Å². The van der Waals surface area contributed by atoms with Gasteiger partial charge in [-0.1, -0.05) is 6.07 Å². The van der Waals surface area contributed by atoms with Gasteiger partial charge >= 0.3 is 5.69 Å². The van der Waals surface area contributed by atoms with Crippen molar-refractivity contribution in [2.45, 2.75) is 6.92 Å². The van der Waals surface area contributed by atoms with Crippen LogP contribution >= 0.6 is 0 Å². The largest absolute Gasteiger partial charge is 0.497 e. The molecule has 0 aliphatic rings. The molecule has 120 valence electrons. The fourth-order valence-corrected chi connectivity index (χ4v) is 1.90. The van der Waals surface area contributed by atoms with Crippen LogP contribution in [-0.4, -0.2) is 24.5 Å². The Labute approximate surface area is 133 Å². The molecule has 23 heavy (non-hydrogen) atoms. The smallest absolute Gasteiger partial charge is 0.310 e. The maximum atomic E-state index is 11.9. The first-order valence-corrected chi connectivity index (χ1v) is 6.81. The monoisotopic (exact) mass is 316 g/mol. The molecule has 7 heteroatoms. The van der Waals surface area contributed by atoms with Gasteiger partial charge in [-0.05, 0) is 42.8 Å². The first-order valence-electron chi connectivity index (χ1n) is 6.81. The van der Waals surface area contributed by atoms with E-state index >= 15 is 0 Å². The molecule has 0 fully saturated rings. The molecule has 1 N–H and O–H groups in total. The number of rotatable bonds is 6. The molecule has 1 amide bonds. The van der Waals surface area contributed by atoms with Crippen molar-refractivity contribution in [1.29, 1.82) is 0 Å². The van der Waals surface area contributed by atoms with E-state index in [9.17, 15) is 14.9 Å². The molecule has 0 aromatic heterocycles. The molecule has 0 atom stereocenters. The highest BCUT2D eigenvalue weighted by molar-refractivity contribution is 5.91. The number of nitrogens with zero attached hydrogens (tertiary/aromatic N) is 1. The molecule has 2 aromatic rings. The lowest BCUT2D eigenvalue weighted by Gasteiger charge is -2.09. The van der Waals surface area contributed by atoms with E-state index < -0.39 is 10.8 Å². The van der Waals surface area contributed by atoms with E-state index in [4.69, 9.17) is 9.47 Å². The van der Waals surface area contributed by atoms with Crippen LogP contribution in [0.15, 0.2) is 42.5 Å². The lowest BCUT2D eigenvalue weighted by molar-refractivity contribution is -0.385. The van der Waals surface area contributed by atoms with Crippen LogP contribution in [-0.2, 0) is 4.79 Å². The number of carbonyl (C=O) groups is 1. The second kappa shape index (κ2) is 7.26.